The second-order valence-electron chi connectivity index (χ2n) is 13.2. The van der Waals surface area contributed by atoms with E-state index < -0.39 is 14.6 Å². The SMILES string of the molecule is CCCCCCCC(=O)OC[C@@H](COP(OCC1c2ccccc2-c2ccccc21)N(C(C)C)C(C)C)OC(=O)CCCCCCC. The Morgan fingerprint density at radius 1 is 0.681 bits per heavy atom. The monoisotopic (exact) mass is 669 g/mol. The average Bonchev–Trinajstić information content (AvgIpc) is 3.37. The van der Waals surface area contributed by atoms with Gasteiger partial charge >= 0.3 is 11.9 Å². The van der Waals surface area contributed by atoms with Gasteiger partial charge in [-0.05, 0) is 62.8 Å². The van der Waals surface area contributed by atoms with Crippen LogP contribution in [0, 0.1) is 0 Å². The third-order valence-corrected chi connectivity index (χ3v) is 10.7. The molecule has 47 heavy (non-hydrogen) atoms. The van der Waals surface area contributed by atoms with Crippen LogP contribution < -0.4 is 0 Å². The highest BCUT2D eigenvalue weighted by atomic mass is 31.2. The first-order valence-corrected chi connectivity index (χ1v) is 19.3. The van der Waals surface area contributed by atoms with E-state index in [9.17, 15) is 9.59 Å². The van der Waals surface area contributed by atoms with E-state index in [0.29, 0.717) is 19.4 Å². The first kappa shape index (κ1) is 39.1. The number of esters is 2. The van der Waals surface area contributed by atoms with E-state index in [-0.39, 0.29) is 43.2 Å². The Bertz CT molecular complexity index is 1150. The number of benzene rings is 2. The number of rotatable bonds is 24. The van der Waals surface area contributed by atoms with E-state index in [2.05, 4.69) is 94.7 Å². The highest BCUT2D eigenvalue weighted by Crippen LogP contribution is 2.50. The van der Waals surface area contributed by atoms with Gasteiger partial charge in [0.25, 0.3) is 8.53 Å². The second kappa shape index (κ2) is 21.6. The molecule has 1 unspecified atom stereocenters. The minimum Gasteiger partial charge on any atom is -0.462 e. The number of carbonyl (C=O) groups is 2. The lowest BCUT2D eigenvalue weighted by Crippen LogP contribution is -2.35. The summed E-state index contributed by atoms with van der Waals surface area (Å²) in [5.74, 6) is -0.443. The number of hydrogen-bond acceptors (Lipinski definition) is 7. The van der Waals surface area contributed by atoms with Gasteiger partial charge in [-0.3, -0.25) is 9.59 Å². The van der Waals surface area contributed by atoms with Gasteiger partial charge < -0.3 is 18.5 Å². The first-order valence-electron chi connectivity index (χ1n) is 18.1. The van der Waals surface area contributed by atoms with Crippen molar-refractivity contribution in [2.45, 2.75) is 143 Å². The van der Waals surface area contributed by atoms with E-state index in [1.165, 1.54) is 35.1 Å². The lowest BCUT2D eigenvalue weighted by atomic mass is 9.98. The molecule has 0 fully saturated rings. The molecule has 0 radical (unpaired) electrons. The van der Waals surface area contributed by atoms with Gasteiger partial charge in [0.1, 0.15) is 6.61 Å². The largest absolute Gasteiger partial charge is 0.462 e. The van der Waals surface area contributed by atoms with Crippen molar-refractivity contribution in [3.63, 3.8) is 0 Å². The third-order valence-electron chi connectivity index (χ3n) is 8.63. The molecule has 2 aromatic rings. The summed E-state index contributed by atoms with van der Waals surface area (Å²) in [7, 11) is -1.51. The number of hydrogen-bond donors (Lipinski definition) is 0. The molecule has 0 amide bonds. The van der Waals surface area contributed by atoms with Crippen LogP contribution in [-0.2, 0) is 28.1 Å². The molecule has 0 saturated heterocycles. The summed E-state index contributed by atoms with van der Waals surface area (Å²) < 4.78 is 27.0. The Labute approximate surface area is 286 Å². The molecule has 0 heterocycles. The van der Waals surface area contributed by atoms with Crippen LogP contribution in [0.5, 0.6) is 0 Å². The maximum Gasteiger partial charge on any atom is 0.306 e. The summed E-state index contributed by atoms with van der Waals surface area (Å²) in [4.78, 5) is 25.5. The molecular formula is C39H60NO6P. The van der Waals surface area contributed by atoms with Gasteiger partial charge in [0.2, 0.25) is 0 Å². The van der Waals surface area contributed by atoms with Crippen LogP contribution in [0.3, 0.4) is 0 Å². The number of fused-ring (bicyclic) bond motifs is 3. The molecule has 0 bridgehead atoms. The van der Waals surface area contributed by atoms with Gasteiger partial charge in [-0.15, -0.1) is 0 Å². The van der Waals surface area contributed by atoms with Gasteiger partial charge in [-0.1, -0.05) is 114 Å². The summed E-state index contributed by atoms with van der Waals surface area (Å²) >= 11 is 0. The zero-order valence-electron chi connectivity index (χ0n) is 29.9. The molecule has 0 spiro atoms. The number of nitrogens with zero attached hydrogens (tertiary/aromatic N) is 1. The molecular weight excluding hydrogens is 609 g/mol. The predicted molar refractivity (Wildman–Crippen MR) is 192 cm³/mol. The average molecular weight is 670 g/mol. The number of ether oxygens (including phenoxy) is 2. The standard InChI is InChI=1S/C39H60NO6P/c1-7-9-11-13-15-25-38(41)43-27-32(46-39(42)26-16-14-12-10-8-2)28-44-47(40(30(3)4)31(5)6)45-29-37-35-23-19-17-21-33(35)34-22-18-20-24-36(34)37/h17-24,30-32,37H,7-16,25-29H2,1-6H3/t32-,47?/m0/s1. The van der Waals surface area contributed by atoms with Crippen molar-refractivity contribution in [1.82, 2.24) is 4.67 Å². The van der Waals surface area contributed by atoms with Crippen LogP contribution in [0.1, 0.15) is 136 Å². The lowest BCUT2D eigenvalue weighted by Gasteiger charge is -2.36. The van der Waals surface area contributed by atoms with Gasteiger partial charge in [-0.2, -0.15) is 0 Å². The van der Waals surface area contributed by atoms with Crippen LogP contribution in [-0.4, -0.2) is 54.6 Å². The minimum atomic E-state index is -1.51. The van der Waals surface area contributed by atoms with E-state index >= 15 is 0 Å². The molecule has 3 rings (SSSR count). The summed E-state index contributed by atoms with van der Waals surface area (Å²) in [5, 5.41) is 0. The Kier molecular flexibility index (Phi) is 18.0. The Morgan fingerprint density at radius 3 is 1.72 bits per heavy atom. The van der Waals surface area contributed by atoms with E-state index in [1.54, 1.807) is 0 Å². The van der Waals surface area contributed by atoms with E-state index in [0.717, 1.165) is 51.4 Å². The molecule has 1 aliphatic carbocycles. The molecule has 0 aliphatic heterocycles. The normalized spacial score (nSPS) is 14.0. The topological polar surface area (TPSA) is 74.3 Å². The van der Waals surface area contributed by atoms with E-state index in [1.807, 2.05) is 0 Å². The summed E-state index contributed by atoms with van der Waals surface area (Å²) in [6.07, 6.45) is 10.5. The van der Waals surface area contributed by atoms with E-state index in [4.69, 9.17) is 18.5 Å². The van der Waals surface area contributed by atoms with Crippen molar-refractivity contribution < 1.29 is 28.1 Å². The van der Waals surface area contributed by atoms with Crippen LogP contribution in [0.4, 0.5) is 0 Å². The highest BCUT2D eigenvalue weighted by Gasteiger charge is 2.33. The fourth-order valence-corrected chi connectivity index (χ4v) is 7.90. The molecule has 2 aromatic carbocycles. The van der Waals surface area contributed by atoms with Crippen molar-refractivity contribution in [1.29, 1.82) is 0 Å². The molecule has 262 valence electrons. The maximum atomic E-state index is 12.9. The number of unbranched alkanes of at least 4 members (excludes halogenated alkanes) is 8. The van der Waals surface area contributed by atoms with Crippen molar-refractivity contribution in [2.75, 3.05) is 19.8 Å². The highest BCUT2D eigenvalue weighted by molar-refractivity contribution is 7.44. The molecule has 1 aliphatic rings. The predicted octanol–water partition coefficient (Wildman–Crippen LogP) is 10.4. The molecule has 0 aromatic heterocycles. The Hall–Kier alpha value is -2.31. The van der Waals surface area contributed by atoms with Gasteiger partial charge in [0, 0.05) is 30.8 Å². The molecule has 2 atom stereocenters. The summed E-state index contributed by atoms with van der Waals surface area (Å²) in [6, 6.07) is 17.4. The summed E-state index contributed by atoms with van der Waals surface area (Å²) in [5.41, 5.74) is 5.02. The van der Waals surface area contributed by atoms with Crippen LogP contribution in [0.25, 0.3) is 11.1 Å². The number of carbonyl (C=O) groups excluding carboxylic acids is 2. The minimum absolute atomic E-state index is 0.0225. The van der Waals surface area contributed by atoms with Crippen LogP contribution >= 0.6 is 8.53 Å². The van der Waals surface area contributed by atoms with Crippen molar-refractivity contribution in [3.8, 4) is 11.1 Å². The fraction of sp³-hybridized carbons (Fsp3) is 0.641. The quantitative estimate of drug-likeness (QED) is 0.0626. The summed E-state index contributed by atoms with van der Waals surface area (Å²) in [6.45, 7) is 13.4. The van der Waals surface area contributed by atoms with Crippen molar-refractivity contribution >= 4 is 20.5 Å². The van der Waals surface area contributed by atoms with Gasteiger partial charge in [0.05, 0.1) is 13.2 Å². The van der Waals surface area contributed by atoms with Crippen molar-refractivity contribution in [2.24, 2.45) is 0 Å². The zero-order valence-corrected chi connectivity index (χ0v) is 30.8. The first-order chi connectivity index (χ1) is 22.8. The molecule has 0 N–H and O–H groups in total. The van der Waals surface area contributed by atoms with Crippen molar-refractivity contribution in [3.05, 3.63) is 59.7 Å². The Balaban J connectivity index is 1.69. The smallest absolute Gasteiger partial charge is 0.306 e. The zero-order chi connectivity index (χ0) is 34.0. The molecule has 0 saturated carbocycles. The van der Waals surface area contributed by atoms with Crippen LogP contribution in [0.15, 0.2) is 48.5 Å². The van der Waals surface area contributed by atoms with Crippen LogP contribution in [0.2, 0.25) is 0 Å². The van der Waals surface area contributed by atoms with Gasteiger partial charge in [-0.25, -0.2) is 4.67 Å². The second-order valence-corrected chi connectivity index (χ2v) is 14.7. The third kappa shape index (κ3) is 12.9. The lowest BCUT2D eigenvalue weighted by molar-refractivity contribution is -0.161. The fourth-order valence-electron chi connectivity index (χ4n) is 6.23. The van der Waals surface area contributed by atoms with Gasteiger partial charge in [0.15, 0.2) is 6.10 Å². The molecule has 8 heteroatoms. The Morgan fingerprint density at radius 2 is 1.19 bits per heavy atom. The molecule has 7 nitrogen and oxygen atoms in total. The maximum absolute atomic E-state index is 12.9.